The van der Waals surface area contributed by atoms with Crippen LogP contribution in [0.5, 0.6) is 5.75 Å². The second-order valence-corrected chi connectivity index (χ2v) is 11.2. The van der Waals surface area contributed by atoms with Crippen LogP contribution in [0.1, 0.15) is 57.8 Å². The Kier molecular flexibility index (Phi) is 7.63. The molecule has 1 N–H and O–H groups in total. The van der Waals surface area contributed by atoms with Gasteiger partial charge in [0, 0.05) is 24.2 Å². The van der Waals surface area contributed by atoms with Crippen molar-refractivity contribution in [1.29, 1.82) is 0 Å². The number of halogens is 4. The number of ether oxygens (including phenoxy) is 2. The first-order valence-corrected chi connectivity index (χ1v) is 14.1. The molecule has 1 fully saturated rings. The van der Waals surface area contributed by atoms with Crippen LogP contribution in [0.4, 0.5) is 13.2 Å². The number of carbonyl (C=O) groups is 1. The van der Waals surface area contributed by atoms with Crippen molar-refractivity contribution in [3.05, 3.63) is 93.3 Å². The van der Waals surface area contributed by atoms with Crippen LogP contribution in [0.25, 0.3) is 11.0 Å². The van der Waals surface area contributed by atoms with Gasteiger partial charge >= 0.3 is 12.1 Å². The van der Waals surface area contributed by atoms with Gasteiger partial charge in [-0.05, 0) is 78.9 Å². The highest BCUT2D eigenvalue weighted by Gasteiger charge is 2.37. The Morgan fingerprint density at radius 2 is 1.93 bits per heavy atom. The normalized spacial score (nSPS) is 19.0. The number of hydrogen-bond donors (Lipinski definition) is 1. The first-order chi connectivity index (χ1) is 20.1. The van der Waals surface area contributed by atoms with Gasteiger partial charge in [0.2, 0.25) is 0 Å². The number of rotatable bonds is 8. The van der Waals surface area contributed by atoms with Gasteiger partial charge < -0.3 is 19.1 Å². The number of alkyl halides is 3. The van der Waals surface area contributed by atoms with E-state index in [0.29, 0.717) is 54.3 Å². The summed E-state index contributed by atoms with van der Waals surface area (Å²) in [7, 11) is 0. The molecule has 0 saturated carbocycles. The molecule has 0 amide bonds. The molecule has 220 valence electrons. The lowest BCUT2D eigenvalue weighted by Gasteiger charge is -2.36. The molecule has 1 saturated heterocycles. The van der Waals surface area contributed by atoms with Gasteiger partial charge in [0.1, 0.15) is 18.2 Å². The third-order valence-electron chi connectivity index (χ3n) is 8.12. The molecule has 7 nitrogen and oxygen atoms in total. The van der Waals surface area contributed by atoms with Crippen LogP contribution in [0, 0.1) is 0 Å². The van der Waals surface area contributed by atoms with Crippen LogP contribution in [-0.4, -0.2) is 44.8 Å². The average Bonchev–Trinajstić information content (AvgIpc) is 3.27. The molecule has 0 unspecified atom stereocenters. The number of carboxylic acids is 1. The van der Waals surface area contributed by atoms with Gasteiger partial charge in [-0.2, -0.15) is 13.2 Å². The van der Waals surface area contributed by atoms with Crippen molar-refractivity contribution in [2.24, 2.45) is 0 Å². The standard InChI is InChI=1S/C31H29ClF3N3O4/c1-18-24-14-28(42-17-19-2-5-22(32)6-3-19)25(31(33,34)35)12-20(24)8-10-37(18)16-29-36-26-7-4-21(30(39)40)13-27(26)38(29)15-23-9-11-41-23/h2-7,12-14,18,23H,8-11,15-17H2,1H3,(H,39,40)/t18-,23-/m0/s1. The third kappa shape index (κ3) is 5.71. The number of aromatic carboxylic acids is 1. The Morgan fingerprint density at radius 1 is 1.17 bits per heavy atom. The second-order valence-electron chi connectivity index (χ2n) is 10.8. The largest absolute Gasteiger partial charge is 0.488 e. The molecule has 1 aromatic heterocycles. The first kappa shape index (κ1) is 28.5. The Labute approximate surface area is 245 Å². The van der Waals surface area contributed by atoms with Crippen LogP contribution in [0.15, 0.2) is 54.6 Å². The summed E-state index contributed by atoms with van der Waals surface area (Å²) in [6, 6.07) is 14.2. The molecule has 3 heterocycles. The van der Waals surface area contributed by atoms with Crippen molar-refractivity contribution >= 4 is 28.6 Å². The molecule has 2 atom stereocenters. The molecular formula is C31H29ClF3N3O4. The Balaban J connectivity index is 1.30. The monoisotopic (exact) mass is 599 g/mol. The molecular weight excluding hydrogens is 571 g/mol. The molecule has 0 bridgehead atoms. The highest BCUT2D eigenvalue weighted by molar-refractivity contribution is 6.30. The smallest absolute Gasteiger partial charge is 0.419 e. The lowest BCUT2D eigenvalue weighted by Crippen LogP contribution is -2.36. The molecule has 2 aliphatic rings. The van der Waals surface area contributed by atoms with Crippen molar-refractivity contribution in [1.82, 2.24) is 14.5 Å². The van der Waals surface area contributed by atoms with E-state index in [4.69, 9.17) is 26.1 Å². The van der Waals surface area contributed by atoms with Crippen molar-refractivity contribution in [3.8, 4) is 5.75 Å². The van der Waals surface area contributed by atoms with Gasteiger partial charge in [0.15, 0.2) is 0 Å². The van der Waals surface area contributed by atoms with Gasteiger partial charge in [0.05, 0.1) is 41.4 Å². The zero-order valence-electron chi connectivity index (χ0n) is 22.8. The van der Waals surface area contributed by atoms with E-state index in [1.165, 1.54) is 18.2 Å². The summed E-state index contributed by atoms with van der Waals surface area (Å²) in [4.78, 5) is 18.6. The number of aromatic nitrogens is 2. The molecule has 2 aliphatic heterocycles. The lowest BCUT2D eigenvalue weighted by atomic mass is 9.91. The fraction of sp³-hybridized carbons (Fsp3) is 0.355. The van der Waals surface area contributed by atoms with Crippen LogP contribution in [-0.2, 0) is 37.0 Å². The first-order valence-electron chi connectivity index (χ1n) is 13.8. The van der Waals surface area contributed by atoms with E-state index < -0.39 is 17.7 Å². The van der Waals surface area contributed by atoms with Gasteiger partial charge in [0.25, 0.3) is 0 Å². The Bertz CT molecular complexity index is 1630. The van der Waals surface area contributed by atoms with Crippen LogP contribution >= 0.6 is 11.6 Å². The molecule has 42 heavy (non-hydrogen) atoms. The molecule has 0 spiro atoms. The summed E-state index contributed by atoms with van der Waals surface area (Å²) in [5, 5.41) is 10.1. The van der Waals surface area contributed by atoms with Crippen molar-refractivity contribution < 1.29 is 32.5 Å². The summed E-state index contributed by atoms with van der Waals surface area (Å²) in [6.45, 7) is 4.16. The van der Waals surface area contributed by atoms with Crippen LogP contribution < -0.4 is 4.74 Å². The van der Waals surface area contributed by atoms with Gasteiger partial charge in [-0.3, -0.25) is 4.90 Å². The Morgan fingerprint density at radius 3 is 2.60 bits per heavy atom. The minimum atomic E-state index is -4.56. The number of carboxylic acid groups (broad SMARTS) is 1. The molecule has 0 aliphatic carbocycles. The zero-order valence-corrected chi connectivity index (χ0v) is 23.6. The SMILES string of the molecule is C[C@H]1c2cc(OCc3ccc(Cl)cc3)c(C(F)(F)F)cc2CCN1Cc1nc2ccc(C(=O)O)cc2n1C[C@@H]1CCO1. The third-order valence-corrected chi connectivity index (χ3v) is 8.37. The fourth-order valence-electron chi connectivity index (χ4n) is 5.64. The number of nitrogens with zero attached hydrogens (tertiary/aromatic N) is 3. The lowest BCUT2D eigenvalue weighted by molar-refractivity contribution is -0.139. The number of fused-ring (bicyclic) bond motifs is 2. The molecule has 4 aromatic rings. The highest BCUT2D eigenvalue weighted by atomic mass is 35.5. The minimum Gasteiger partial charge on any atom is -0.488 e. The van der Waals surface area contributed by atoms with Crippen LogP contribution in [0.2, 0.25) is 5.02 Å². The van der Waals surface area contributed by atoms with Gasteiger partial charge in [-0.15, -0.1) is 0 Å². The maximum atomic E-state index is 14.1. The molecule has 11 heteroatoms. The molecule has 3 aromatic carbocycles. The number of hydrogen-bond acceptors (Lipinski definition) is 5. The summed E-state index contributed by atoms with van der Waals surface area (Å²) >= 11 is 5.94. The summed E-state index contributed by atoms with van der Waals surface area (Å²) < 4.78 is 55.6. The number of imidazole rings is 1. The van der Waals surface area contributed by atoms with Crippen molar-refractivity contribution in [3.63, 3.8) is 0 Å². The molecule has 6 rings (SSSR count). The number of benzene rings is 3. The maximum Gasteiger partial charge on any atom is 0.419 e. The van der Waals surface area contributed by atoms with E-state index in [2.05, 4.69) is 4.90 Å². The fourth-order valence-corrected chi connectivity index (χ4v) is 5.77. The van der Waals surface area contributed by atoms with Crippen LogP contribution in [0.3, 0.4) is 0 Å². The quantitative estimate of drug-likeness (QED) is 0.238. The highest BCUT2D eigenvalue weighted by Crippen LogP contribution is 2.42. The predicted octanol–water partition coefficient (Wildman–Crippen LogP) is 6.89. The summed E-state index contributed by atoms with van der Waals surface area (Å²) in [5.74, 6) is -0.468. The zero-order chi connectivity index (χ0) is 29.6. The van der Waals surface area contributed by atoms with E-state index in [1.807, 2.05) is 11.5 Å². The van der Waals surface area contributed by atoms with Crippen molar-refractivity contribution in [2.75, 3.05) is 13.2 Å². The summed E-state index contributed by atoms with van der Waals surface area (Å²) in [5.41, 5.74) is 2.93. The van der Waals surface area contributed by atoms with E-state index >= 15 is 0 Å². The Hall–Kier alpha value is -3.60. The van der Waals surface area contributed by atoms with Gasteiger partial charge in [-0.25, -0.2) is 9.78 Å². The maximum absolute atomic E-state index is 14.1. The average molecular weight is 600 g/mol. The van der Waals surface area contributed by atoms with Gasteiger partial charge in [-0.1, -0.05) is 23.7 Å². The minimum absolute atomic E-state index is 0.0234. The van der Waals surface area contributed by atoms with E-state index in [0.717, 1.165) is 23.3 Å². The van der Waals surface area contributed by atoms with Crippen molar-refractivity contribution in [2.45, 2.75) is 57.8 Å². The summed E-state index contributed by atoms with van der Waals surface area (Å²) in [6.07, 6.45) is -3.19. The van der Waals surface area contributed by atoms with E-state index in [1.54, 1.807) is 36.4 Å². The van der Waals surface area contributed by atoms with E-state index in [-0.39, 0.29) is 30.1 Å². The predicted molar refractivity (Wildman–Crippen MR) is 151 cm³/mol. The second kappa shape index (κ2) is 11.2. The molecule has 0 radical (unpaired) electrons. The topological polar surface area (TPSA) is 76.8 Å². The van der Waals surface area contributed by atoms with E-state index in [9.17, 15) is 23.1 Å².